The molecular formula is C9H12N2O3S. The van der Waals surface area contributed by atoms with Gasteiger partial charge in [-0.05, 0) is 19.1 Å². The molecule has 15 heavy (non-hydrogen) atoms. The monoisotopic (exact) mass is 228 g/mol. The van der Waals surface area contributed by atoms with Gasteiger partial charge in [-0.1, -0.05) is 0 Å². The predicted molar refractivity (Wildman–Crippen MR) is 56.3 cm³/mol. The van der Waals surface area contributed by atoms with E-state index in [4.69, 9.17) is 0 Å². The van der Waals surface area contributed by atoms with E-state index in [2.05, 4.69) is 4.72 Å². The molecule has 0 saturated heterocycles. The third-order valence-corrected chi connectivity index (χ3v) is 3.82. The molecule has 0 radical (unpaired) electrons. The number of anilines is 1. The number of nitrogens with zero attached hydrogens (tertiary/aromatic N) is 1. The number of benzene rings is 1. The molecule has 82 valence electrons. The van der Waals surface area contributed by atoms with Crippen molar-refractivity contribution in [3.63, 3.8) is 0 Å². The minimum absolute atomic E-state index is 0.0444. The first kappa shape index (κ1) is 10.3. The van der Waals surface area contributed by atoms with E-state index in [0.717, 1.165) is 0 Å². The normalized spacial score (nSPS) is 18.6. The first-order valence-corrected chi connectivity index (χ1v) is 6.10. The lowest BCUT2D eigenvalue weighted by Crippen LogP contribution is -2.42. The molecule has 2 N–H and O–H groups in total. The van der Waals surface area contributed by atoms with E-state index in [1.807, 2.05) is 11.8 Å². The number of aromatic hydroxyl groups is 1. The van der Waals surface area contributed by atoms with Crippen LogP contribution >= 0.6 is 0 Å². The maximum absolute atomic E-state index is 11.6. The molecule has 1 aromatic carbocycles. The summed E-state index contributed by atoms with van der Waals surface area (Å²) in [7, 11) is -3.46. The van der Waals surface area contributed by atoms with Crippen molar-refractivity contribution in [3.8, 4) is 5.75 Å². The highest BCUT2D eigenvalue weighted by Gasteiger charge is 2.27. The fourth-order valence-electron chi connectivity index (χ4n) is 1.59. The van der Waals surface area contributed by atoms with E-state index in [1.165, 1.54) is 12.1 Å². The quantitative estimate of drug-likeness (QED) is 0.733. The smallest absolute Gasteiger partial charge is 0.244 e. The van der Waals surface area contributed by atoms with Crippen molar-refractivity contribution in [2.24, 2.45) is 0 Å². The molecule has 0 spiro atoms. The minimum Gasteiger partial charge on any atom is -0.508 e. The summed E-state index contributed by atoms with van der Waals surface area (Å²) < 4.78 is 25.7. The second-order valence-corrected chi connectivity index (χ2v) is 5.05. The average Bonchev–Trinajstić information content (AvgIpc) is 2.19. The molecule has 2 rings (SSSR count). The van der Waals surface area contributed by atoms with E-state index < -0.39 is 10.0 Å². The molecule has 0 atom stereocenters. The van der Waals surface area contributed by atoms with Crippen LogP contribution in [0.1, 0.15) is 6.92 Å². The standard InChI is InChI=1S/C9H12N2O3S/c1-2-11-6-10-15(13,14)9-5-7(12)3-4-8(9)11/h3-5,10,12H,2,6H2,1H3. The van der Waals surface area contributed by atoms with Crippen molar-refractivity contribution < 1.29 is 13.5 Å². The van der Waals surface area contributed by atoms with Gasteiger partial charge < -0.3 is 10.0 Å². The van der Waals surface area contributed by atoms with Crippen molar-refractivity contribution >= 4 is 15.7 Å². The van der Waals surface area contributed by atoms with Crippen LogP contribution in [0.5, 0.6) is 5.75 Å². The van der Waals surface area contributed by atoms with Gasteiger partial charge in [0.2, 0.25) is 10.0 Å². The Hall–Kier alpha value is -1.27. The van der Waals surface area contributed by atoms with Crippen molar-refractivity contribution in [3.05, 3.63) is 18.2 Å². The van der Waals surface area contributed by atoms with Gasteiger partial charge >= 0.3 is 0 Å². The maximum atomic E-state index is 11.6. The fourth-order valence-corrected chi connectivity index (χ4v) is 2.82. The molecule has 0 aromatic heterocycles. The van der Waals surface area contributed by atoms with Crippen molar-refractivity contribution in [1.82, 2.24) is 4.72 Å². The summed E-state index contributed by atoms with van der Waals surface area (Å²) in [5, 5.41) is 9.27. The number of phenols is 1. The largest absolute Gasteiger partial charge is 0.508 e. The molecule has 0 bridgehead atoms. The second-order valence-electron chi connectivity index (χ2n) is 3.31. The van der Waals surface area contributed by atoms with Crippen LogP contribution in [-0.4, -0.2) is 26.7 Å². The zero-order chi connectivity index (χ0) is 11.1. The number of hydrogen-bond donors (Lipinski definition) is 2. The van der Waals surface area contributed by atoms with Crippen LogP contribution in [0.3, 0.4) is 0 Å². The third-order valence-electron chi connectivity index (χ3n) is 2.40. The van der Waals surface area contributed by atoms with Crippen molar-refractivity contribution in [1.29, 1.82) is 0 Å². The van der Waals surface area contributed by atoms with Gasteiger partial charge in [0, 0.05) is 12.6 Å². The Kier molecular flexibility index (Phi) is 2.32. The second kappa shape index (κ2) is 3.39. The van der Waals surface area contributed by atoms with Crippen LogP contribution in [0.15, 0.2) is 23.1 Å². The van der Waals surface area contributed by atoms with E-state index >= 15 is 0 Å². The molecule has 0 saturated carbocycles. The Bertz CT molecular complexity index is 484. The summed E-state index contributed by atoms with van der Waals surface area (Å²) in [5.74, 6) is -0.0444. The molecule has 1 aliphatic heterocycles. The first-order valence-electron chi connectivity index (χ1n) is 4.62. The van der Waals surface area contributed by atoms with Gasteiger partial charge in [-0.3, -0.25) is 0 Å². The summed E-state index contributed by atoms with van der Waals surface area (Å²) >= 11 is 0. The van der Waals surface area contributed by atoms with Crippen LogP contribution in [0.4, 0.5) is 5.69 Å². The van der Waals surface area contributed by atoms with E-state index in [1.54, 1.807) is 6.07 Å². The maximum Gasteiger partial charge on any atom is 0.244 e. The van der Waals surface area contributed by atoms with Crippen molar-refractivity contribution in [2.45, 2.75) is 11.8 Å². The van der Waals surface area contributed by atoms with Crippen LogP contribution in [0, 0.1) is 0 Å². The molecule has 5 nitrogen and oxygen atoms in total. The van der Waals surface area contributed by atoms with E-state index in [-0.39, 0.29) is 17.3 Å². The fraction of sp³-hybridized carbons (Fsp3) is 0.333. The number of phenolic OH excluding ortho intramolecular Hbond substituents is 1. The summed E-state index contributed by atoms with van der Waals surface area (Å²) in [5.41, 5.74) is 0.633. The lowest BCUT2D eigenvalue weighted by Gasteiger charge is -2.30. The molecule has 1 aliphatic rings. The highest BCUT2D eigenvalue weighted by molar-refractivity contribution is 7.89. The molecule has 0 aliphatic carbocycles. The molecular weight excluding hydrogens is 216 g/mol. The predicted octanol–water partition coefficient (Wildman–Crippen LogP) is 0.468. The van der Waals surface area contributed by atoms with Crippen molar-refractivity contribution in [2.75, 3.05) is 18.1 Å². The topological polar surface area (TPSA) is 69.6 Å². The summed E-state index contributed by atoms with van der Waals surface area (Å²) in [4.78, 5) is 2.02. The first-order chi connectivity index (χ1) is 7.04. The highest BCUT2D eigenvalue weighted by Crippen LogP contribution is 2.30. The van der Waals surface area contributed by atoms with Crippen LogP contribution < -0.4 is 9.62 Å². The SMILES string of the molecule is CCN1CNS(=O)(=O)c2cc(O)ccc21. The van der Waals surface area contributed by atoms with Gasteiger partial charge in [-0.25, -0.2) is 8.42 Å². The van der Waals surface area contributed by atoms with E-state index in [9.17, 15) is 13.5 Å². The van der Waals surface area contributed by atoms with Gasteiger partial charge in [-0.15, -0.1) is 0 Å². The molecule has 1 aromatic rings. The zero-order valence-electron chi connectivity index (χ0n) is 8.27. The third kappa shape index (κ3) is 1.66. The Morgan fingerprint density at radius 1 is 1.53 bits per heavy atom. The Labute approximate surface area is 88.4 Å². The number of sulfonamides is 1. The van der Waals surface area contributed by atoms with Gasteiger partial charge in [0.1, 0.15) is 10.6 Å². The minimum atomic E-state index is -3.46. The lowest BCUT2D eigenvalue weighted by molar-refractivity contribution is 0.472. The molecule has 1 heterocycles. The number of fused-ring (bicyclic) bond motifs is 1. The number of hydrogen-bond acceptors (Lipinski definition) is 4. The number of rotatable bonds is 1. The van der Waals surface area contributed by atoms with Gasteiger partial charge in [-0.2, -0.15) is 4.72 Å². The summed E-state index contributed by atoms with van der Waals surface area (Å²) in [6.07, 6.45) is 0. The molecule has 6 heteroatoms. The Balaban J connectivity index is 2.64. The Morgan fingerprint density at radius 2 is 2.27 bits per heavy atom. The van der Waals surface area contributed by atoms with Gasteiger partial charge in [0.05, 0.1) is 12.4 Å². The highest BCUT2D eigenvalue weighted by atomic mass is 32.2. The molecule has 0 fully saturated rings. The van der Waals surface area contributed by atoms with Crippen LogP contribution in [-0.2, 0) is 10.0 Å². The lowest BCUT2D eigenvalue weighted by atomic mass is 10.2. The van der Waals surface area contributed by atoms with E-state index in [0.29, 0.717) is 12.2 Å². The van der Waals surface area contributed by atoms with Crippen LogP contribution in [0.2, 0.25) is 0 Å². The molecule has 0 unspecified atom stereocenters. The molecule has 0 amide bonds. The summed E-state index contributed by atoms with van der Waals surface area (Å²) in [6.45, 7) is 2.92. The van der Waals surface area contributed by atoms with Crippen LogP contribution in [0.25, 0.3) is 0 Å². The zero-order valence-corrected chi connectivity index (χ0v) is 9.08. The summed E-state index contributed by atoms with van der Waals surface area (Å²) in [6, 6.07) is 4.37. The number of nitrogens with one attached hydrogen (secondary N) is 1. The van der Waals surface area contributed by atoms with Gasteiger partial charge in [0.25, 0.3) is 0 Å². The van der Waals surface area contributed by atoms with Gasteiger partial charge in [0.15, 0.2) is 0 Å². The average molecular weight is 228 g/mol. The Morgan fingerprint density at radius 3 is 2.93 bits per heavy atom.